The Labute approximate surface area is 231 Å². The number of unbranched alkanes of at least 4 members (excludes halogenated alkanes) is 4. The van der Waals surface area contributed by atoms with Gasteiger partial charge in [-0.15, -0.1) is 0 Å². The minimum absolute atomic E-state index is 0.165. The summed E-state index contributed by atoms with van der Waals surface area (Å²) in [5.41, 5.74) is 3.09. The van der Waals surface area contributed by atoms with E-state index >= 15 is 0 Å². The van der Waals surface area contributed by atoms with E-state index in [2.05, 4.69) is 19.9 Å². The van der Waals surface area contributed by atoms with Gasteiger partial charge in [-0.3, -0.25) is 14.6 Å². The minimum Gasteiger partial charge on any atom is -0.323 e. The maximum atomic E-state index is 12.8. The zero-order valence-electron chi connectivity index (χ0n) is 21.1. The van der Waals surface area contributed by atoms with Gasteiger partial charge in [-0.25, -0.2) is 9.97 Å². The lowest BCUT2D eigenvalue weighted by Gasteiger charge is -2.14. The molecule has 1 aromatic carbocycles. The number of nitrogens with zero attached hydrogens (tertiary/aromatic N) is 5. The number of benzene rings is 1. The Morgan fingerprint density at radius 3 is 2.34 bits per heavy atom. The molecule has 7 nitrogen and oxygen atoms in total. The summed E-state index contributed by atoms with van der Waals surface area (Å²) in [6.45, 7) is 0.609. The predicted octanol–water partition coefficient (Wildman–Crippen LogP) is 6.04. The van der Waals surface area contributed by atoms with Crippen LogP contribution in [0.5, 0.6) is 0 Å². The van der Waals surface area contributed by atoms with Crippen LogP contribution in [0.3, 0.4) is 0 Å². The number of ketones is 1. The molecule has 4 rings (SSSR count). The molecule has 196 valence electrons. The molecule has 0 N–H and O–H groups in total. The third-order valence-electron chi connectivity index (χ3n) is 6.09. The molecule has 0 spiro atoms. The normalized spacial score (nSPS) is 11.0. The van der Waals surface area contributed by atoms with Gasteiger partial charge < -0.3 is 4.57 Å². The highest BCUT2D eigenvalue weighted by Gasteiger charge is 2.11. The van der Waals surface area contributed by atoms with Crippen molar-refractivity contribution >= 4 is 29.1 Å². The third-order valence-corrected chi connectivity index (χ3v) is 7.41. The lowest BCUT2D eigenvalue weighted by molar-refractivity contribution is 0.0979. The van der Waals surface area contributed by atoms with E-state index in [-0.39, 0.29) is 11.3 Å². The number of rotatable bonds is 14. The van der Waals surface area contributed by atoms with Crippen LogP contribution in [0.4, 0.5) is 0 Å². The second-order valence-corrected chi connectivity index (χ2v) is 10.6. The molecule has 0 atom stereocenters. The Morgan fingerprint density at radius 2 is 1.58 bits per heavy atom. The number of hydrogen-bond donors (Lipinski definition) is 0. The molecule has 3 aromatic heterocycles. The number of carbonyl (C=O) groups is 1. The molecule has 0 saturated heterocycles. The molecule has 0 amide bonds. The molecule has 0 aliphatic carbocycles. The molecular formula is C29H30ClN5O2S. The van der Waals surface area contributed by atoms with Gasteiger partial charge in [0.05, 0.1) is 0 Å². The molecule has 0 aliphatic heterocycles. The Balaban J connectivity index is 1.27. The average molecular weight is 548 g/mol. The zero-order valence-corrected chi connectivity index (χ0v) is 22.7. The Bertz CT molecular complexity index is 1370. The van der Waals surface area contributed by atoms with E-state index in [1.165, 1.54) is 6.33 Å². The Hall–Kier alpha value is -3.36. The van der Waals surface area contributed by atoms with Gasteiger partial charge in [0.15, 0.2) is 10.9 Å². The molecule has 0 fully saturated rings. The van der Waals surface area contributed by atoms with Crippen LogP contribution in [-0.2, 0) is 13.0 Å². The van der Waals surface area contributed by atoms with Crippen LogP contribution in [-0.4, -0.2) is 36.0 Å². The first kappa shape index (κ1) is 27.7. The quantitative estimate of drug-likeness (QED) is 0.0822. The summed E-state index contributed by atoms with van der Waals surface area (Å²) in [5, 5.41) is 1.36. The lowest BCUT2D eigenvalue weighted by Crippen LogP contribution is -2.20. The second kappa shape index (κ2) is 14.5. The smallest absolute Gasteiger partial charge is 0.277 e. The van der Waals surface area contributed by atoms with Crippen molar-refractivity contribution in [1.29, 1.82) is 0 Å². The Kier molecular flexibility index (Phi) is 10.6. The van der Waals surface area contributed by atoms with Crippen LogP contribution in [0.2, 0.25) is 5.02 Å². The number of thioether (sulfide) groups is 1. The van der Waals surface area contributed by atoms with Gasteiger partial charge in [0, 0.05) is 72.3 Å². The second-order valence-electron chi connectivity index (χ2n) is 9.06. The van der Waals surface area contributed by atoms with Crippen molar-refractivity contribution in [3.05, 3.63) is 111 Å². The SMILES string of the molecule is O=C(CCCCCCCSc1nc(=O)c(Cc2cncnc2)cn1Cc1ccncc1)c1ccc(Cl)cc1. The van der Waals surface area contributed by atoms with Crippen molar-refractivity contribution in [2.24, 2.45) is 0 Å². The summed E-state index contributed by atoms with van der Waals surface area (Å²) in [6.07, 6.45) is 16.4. The first-order chi connectivity index (χ1) is 18.6. The van der Waals surface area contributed by atoms with Gasteiger partial charge in [-0.2, -0.15) is 4.98 Å². The maximum Gasteiger partial charge on any atom is 0.277 e. The summed E-state index contributed by atoms with van der Waals surface area (Å²) in [6, 6.07) is 11.0. The van der Waals surface area contributed by atoms with E-state index in [9.17, 15) is 9.59 Å². The van der Waals surface area contributed by atoms with Crippen LogP contribution in [0.1, 0.15) is 65.6 Å². The van der Waals surface area contributed by atoms with Crippen LogP contribution in [0.25, 0.3) is 0 Å². The fourth-order valence-corrected chi connectivity index (χ4v) is 5.15. The third kappa shape index (κ3) is 8.60. The van der Waals surface area contributed by atoms with E-state index in [0.717, 1.165) is 54.5 Å². The standard InChI is InChI=1S/C29H30ClN5O2S/c30-26-9-7-24(8-10-26)27(36)6-4-2-1-3-5-15-38-29-34-28(37)25(16-23-17-32-21-33-18-23)20-35(29)19-22-11-13-31-14-12-22/h7-14,17-18,20-21H,1-6,15-16,19H2. The lowest BCUT2D eigenvalue weighted by atomic mass is 10.0. The van der Waals surface area contributed by atoms with Gasteiger partial charge in [-0.1, -0.05) is 42.6 Å². The van der Waals surface area contributed by atoms with Crippen molar-refractivity contribution in [2.75, 3.05) is 5.75 Å². The molecular weight excluding hydrogens is 518 g/mol. The summed E-state index contributed by atoms with van der Waals surface area (Å²) >= 11 is 7.50. The van der Waals surface area contributed by atoms with Crippen LogP contribution >= 0.6 is 23.4 Å². The molecule has 0 aliphatic rings. The number of halogens is 1. The summed E-state index contributed by atoms with van der Waals surface area (Å²) in [5.74, 6) is 1.04. The molecule has 38 heavy (non-hydrogen) atoms. The summed E-state index contributed by atoms with van der Waals surface area (Å²) in [4.78, 5) is 41.7. The molecule has 4 aromatic rings. The van der Waals surface area contributed by atoms with Crippen molar-refractivity contribution < 1.29 is 4.79 Å². The predicted molar refractivity (Wildman–Crippen MR) is 151 cm³/mol. The zero-order chi connectivity index (χ0) is 26.6. The van der Waals surface area contributed by atoms with E-state index in [1.807, 2.05) is 22.9 Å². The van der Waals surface area contributed by atoms with Gasteiger partial charge in [0.2, 0.25) is 0 Å². The molecule has 0 bridgehead atoms. The molecule has 0 radical (unpaired) electrons. The first-order valence-corrected chi connectivity index (χ1v) is 14.1. The average Bonchev–Trinajstić information content (AvgIpc) is 2.94. The highest BCUT2D eigenvalue weighted by Crippen LogP contribution is 2.20. The Morgan fingerprint density at radius 1 is 0.868 bits per heavy atom. The van der Waals surface area contributed by atoms with Crippen molar-refractivity contribution in [3.63, 3.8) is 0 Å². The van der Waals surface area contributed by atoms with Gasteiger partial charge in [-0.05, 0) is 60.4 Å². The summed E-state index contributed by atoms with van der Waals surface area (Å²) in [7, 11) is 0. The maximum absolute atomic E-state index is 12.8. The molecule has 0 saturated carbocycles. The van der Waals surface area contributed by atoms with Crippen molar-refractivity contribution in [2.45, 2.75) is 56.6 Å². The first-order valence-electron chi connectivity index (χ1n) is 12.7. The minimum atomic E-state index is -0.215. The van der Waals surface area contributed by atoms with E-state index in [4.69, 9.17) is 11.6 Å². The molecule has 9 heteroatoms. The van der Waals surface area contributed by atoms with Gasteiger partial charge >= 0.3 is 0 Å². The fraction of sp³-hybridized carbons (Fsp3) is 0.310. The van der Waals surface area contributed by atoms with Crippen LogP contribution < -0.4 is 5.56 Å². The number of carbonyl (C=O) groups excluding carboxylic acids is 1. The van der Waals surface area contributed by atoms with Gasteiger partial charge in [0.25, 0.3) is 5.56 Å². The highest BCUT2D eigenvalue weighted by atomic mass is 35.5. The van der Waals surface area contributed by atoms with E-state index < -0.39 is 0 Å². The molecule has 0 unspecified atom stereocenters. The van der Waals surface area contributed by atoms with Crippen LogP contribution in [0.15, 0.2) is 83.7 Å². The number of Topliss-reactive ketones (excluding diaryl/α,β-unsaturated/α-hetero) is 1. The monoisotopic (exact) mass is 547 g/mol. The largest absolute Gasteiger partial charge is 0.323 e. The van der Waals surface area contributed by atoms with Crippen molar-refractivity contribution in [3.8, 4) is 0 Å². The summed E-state index contributed by atoms with van der Waals surface area (Å²) < 4.78 is 2.04. The number of aromatic nitrogens is 5. The van der Waals surface area contributed by atoms with E-state index in [0.29, 0.717) is 35.1 Å². The fourth-order valence-electron chi connectivity index (χ4n) is 4.06. The van der Waals surface area contributed by atoms with Gasteiger partial charge in [0.1, 0.15) is 6.33 Å². The number of hydrogen-bond acceptors (Lipinski definition) is 7. The highest BCUT2D eigenvalue weighted by molar-refractivity contribution is 7.99. The topological polar surface area (TPSA) is 90.6 Å². The van der Waals surface area contributed by atoms with E-state index in [1.54, 1.807) is 60.8 Å². The van der Waals surface area contributed by atoms with Crippen molar-refractivity contribution in [1.82, 2.24) is 24.5 Å². The van der Waals surface area contributed by atoms with Crippen LogP contribution in [0, 0.1) is 0 Å². The molecule has 3 heterocycles. The number of pyridine rings is 1.